The average molecular weight is 228 g/mol. The van der Waals surface area contributed by atoms with Crippen molar-refractivity contribution in [1.29, 1.82) is 0 Å². The zero-order valence-electron chi connectivity index (χ0n) is 11.5. The number of hydrogen-bond donors (Lipinski definition) is 0. The highest BCUT2D eigenvalue weighted by molar-refractivity contribution is 5.64. The summed E-state index contributed by atoms with van der Waals surface area (Å²) in [5, 5.41) is 0. The number of hydrogen-bond acceptors (Lipinski definition) is 0. The molecule has 0 heterocycles. The van der Waals surface area contributed by atoms with Gasteiger partial charge in [-0.15, -0.1) is 0 Å². The molecule has 0 spiro atoms. The van der Waals surface area contributed by atoms with Gasteiger partial charge in [0, 0.05) is 0 Å². The molecule has 0 aromatic heterocycles. The van der Waals surface area contributed by atoms with Crippen LogP contribution in [0.5, 0.6) is 0 Å². The van der Waals surface area contributed by atoms with Crippen LogP contribution >= 0.6 is 0 Å². The van der Waals surface area contributed by atoms with Gasteiger partial charge in [-0.2, -0.15) is 0 Å². The van der Waals surface area contributed by atoms with Gasteiger partial charge in [0.2, 0.25) is 0 Å². The topological polar surface area (TPSA) is 0 Å². The van der Waals surface area contributed by atoms with Gasteiger partial charge in [0.25, 0.3) is 0 Å². The van der Waals surface area contributed by atoms with Crippen LogP contribution in [0, 0.1) is 5.92 Å². The second-order valence-corrected chi connectivity index (χ2v) is 4.57. The minimum absolute atomic E-state index is 0.833. The third-order valence-corrected chi connectivity index (χ3v) is 1.82. The Bertz CT molecular complexity index is 350. The fraction of sp³-hybridized carbons (Fsp3) is 0.294. The molecule has 0 unspecified atom stereocenters. The Morgan fingerprint density at radius 1 is 1.06 bits per heavy atom. The molecule has 0 aliphatic rings. The predicted molar refractivity (Wildman–Crippen MR) is 79.9 cm³/mol. The lowest BCUT2D eigenvalue weighted by atomic mass is 10.1. The molecule has 92 valence electrons. The lowest BCUT2D eigenvalue weighted by Gasteiger charge is -1.97. The Labute approximate surface area is 106 Å². The lowest BCUT2D eigenvalue weighted by molar-refractivity contribution is 0.737. The summed E-state index contributed by atoms with van der Waals surface area (Å²) in [7, 11) is 0. The molecule has 1 rings (SSSR count). The maximum absolute atomic E-state index is 3.61. The number of allylic oxidation sites excluding steroid dienone is 5. The molecule has 1 aromatic carbocycles. The monoisotopic (exact) mass is 228 g/mol. The Morgan fingerprint density at radius 2 is 1.59 bits per heavy atom. The van der Waals surface area contributed by atoms with Crippen LogP contribution in [0.15, 0.2) is 61.2 Å². The van der Waals surface area contributed by atoms with E-state index in [9.17, 15) is 0 Å². The van der Waals surface area contributed by atoms with Crippen molar-refractivity contribution in [2.24, 2.45) is 5.92 Å². The third kappa shape index (κ3) is 9.37. The summed E-state index contributed by atoms with van der Waals surface area (Å²) in [5.74, 6) is 0.833. The van der Waals surface area contributed by atoms with Crippen molar-refractivity contribution in [1.82, 2.24) is 0 Å². The van der Waals surface area contributed by atoms with Gasteiger partial charge in [0.1, 0.15) is 0 Å². The standard InChI is InChI=1S/C13H14.C4H10/c1-3-4-6-9-12(2)13-10-7-5-8-11-13;1-4(2)3/h3-11H,1H2,2H3;4H,1-3H3/b6-4-,12-9+;. The van der Waals surface area contributed by atoms with Crippen molar-refractivity contribution in [2.45, 2.75) is 27.7 Å². The molecule has 0 amide bonds. The van der Waals surface area contributed by atoms with E-state index in [2.05, 4.69) is 52.5 Å². The Morgan fingerprint density at radius 3 is 2.06 bits per heavy atom. The molecule has 1 aromatic rings. The fourth-order valence-electron chi connectivity index (χ4n) is 1.08. The van der Waals surface area contributed by atoms with E-state index in [-0.39, 0.29) is 0 Å². The second-order valence-electron chi connectivity index (χ2n) is 4.57. The zero-order valence-corrected chi connectivity index (χ0v) is 11.5. The molecule has 0 heteroatoms. The molecule has 0 bridgehead atoms. The van der Waals surface area contributed by atoms with E-state index in [1.54, 1.807) is 6.08 Å². The predicted octanol–water partition coefficient (Wildman–Crippen LogP) is 5.49. The highest BCUT2D eigenvalue weighted by Gasteiger charge is 1.89. The van der Waals surface area contributed by atoms with Crippen molar-refractivity contribution in [2.75, 3.05) is 0 Å². The molecule has 0 nitrogen and oxygen atoms in total. The summed E-state index contributed by atoms with van der Waals surface area (Å²) < 4.78 is 0. The van der Waals surface area contributed by atoms with Crippen LogP contribution in [0.4, 0.5) is 0 Å². The summed E-state index contributed by atoms with van der Waals surface area (Å²) >= 11 is 0. The van der Waals surface area contributed by atoms with Gasteiger partial charge in [-0.1, -0.05) is 82.0 Å². The average Bonchev–Trinajstić information content (AvgIpc) is 2.30. The summed E-state index contributed by atoms with van der Waals surface area (Å²) in [6.45, 7) is 12.2. The summed E-state index contributed by atoms with van der Waals surface area (Å²) in [5.41, 5.74) is 2.52. The van der Waals surface area contributed by atoms with Crippen molar-refractivity contribution in [3.8, 4) is 0 Å². The molecular weight excluding hydrogens is 204 g/mol. The van der Waals surface area contributed by atoms with E-state index in [4.69, 9.17) is 0 Å². The van der Waals surface area contributed by atoms with E-state index >= 15 is 0 Å². The fourth-order valence-corrected chi connectivity index (χ4v) is 1.08. The van der Waals surface area contributed by atoms with Crippen LogP contribution in [-0.4, -0.2) is 0 Å². The first-order valence-corrected chi connectivity index (χ1v) is 6.09. The maximum atomic E-state index is 3.61. The van der Waals surface area contributed by atoms with Crippen LogP contribution < -0.4 is 0 Å². The normalized spacial score (nSPS) is 11.2. The molecular formula is C17H24. The van der Waals surface area contributed by atoms with E-state index < -0.39 is 0 Å². The largest absolute Gasteiger partial charge is 0.0991 e. The van der Waals surface area contributed by atoms with Crippen molar-refractivity contribution in [3.05, 3.63) is 66.8 Å². The van der Waals surface area contributed by atoms with Gasteiger partial charge in [-0.05, 0) is 24.0 Å². The van der Waals surface area contributed by atoms with E-state index in [1.807, 2.05) is 30.4 Å². The van der Waals surface area contributed by atoms with Gasteiger partial charge < -0.3 is 0 Å². The summed E-state index contributed by atoms with van der Waals surface area (Å²) in [6, 6.07) is 10.3. The Kier molecular flexibility index (Phi) is 8.77. The maximum Gasteiger partial charge on any atom is -0.0227 e. The van der Waals surface area contributed by atoms with Gasteiger partial charge in [-0.3, -0.25) is 0 Å². The van der Waals surface area contributed by atoms with E-state index in [0.29, 0.717) is 0 Å². The molecule has 0 atom stereocenters. The summed E-state index contributed by atoms with van der Waals surface area (Å²) in [6.07, 6.45) is 7.77. The van der Waals surface area contributed by atoms with Crippen LogP contribution in [0.2, 0.25) is 0 Å². The first-order chi connectivity index (χ1) is 8.07. The minimum atomic E-state index is 0.833. The molecule has 0 saturated heterocycles. The van der Waals surface area contributed by atoms with E-state index in [1.165, 1.54) is 11.1 Å². The lowest BCUT2D eigenvalue weighted by Crippen LogP contribution is -1.75. The molecule has 0 aliphatic carbocycles. The van der Waals surface area contributed by atoms with Gasteiger partial charge in [0.05, 0.1) is 0 Å². The van der Waals surface area contributed by atoms with Crippen molar-refractivity contribution >= 4 is 5.57 Å². The molecule has 0 radical (unpaired) electrons. The third-order valence-electron chi connectivity index (χ3n) is 1.82. The van der Waals surface area contributed by atoms with E-state index in [0.717, 1.165) is 5.92 Å². The first-order valence-electron chi connectivity index (χ1n) is 6.09. The number of rotatable bonds is 3. The highest BCUT2D eigenvalue weighted by atomic mass is 13.9. The Balaban J connectivity index is 0.000000557. The molecule has 0 aliphatic heterocycles. The Hall–Kier alpha value is -1.56. The number of benzene rings is 1. The van der Waals surface area contributed by atoms with Crippen LogP contribution in [-0.2, 0) is 0 Å². The van der Waals surface area contributed by atoms with Gasteiger partial charge >= 0.3 is 0 Å². The van der Waals surface area contributed by atoms with Crippen molar-refractivity contribution in [3.63, 3.8) is 0 Å². The minimum Gasteiger partial charge on any atom is -0.0991 e. The molecule has 0 saturated carbocycles. The van der Waals surface area contributed by atoms with Crippen LogP contribution in [0.25, 0.3) is 5.57 Å². The van der Waals surface area contributed by atoms with Crippen LogP contribution in [0.3, 0.4) is 0 Å². The van der Waals surface area contributed by atoms with Gasteiger partial charge in [-0.25, -0.2) is 0 Å². The quantitative estimate of drug-likeness (QED) is 0.600. The van der Waals surface area contributed by atoms with Crippen molar-refractivity contribution < 1.29 is 0 Å². The first kappa shape index (κ1) is 15.4. The zero-order chi connectivity index (χ0) is 13.1. The second kappa shape index (κ2) is 9.65. The van der Waals surface area contributed by atoms with Crippen LogP contribution in [0.1, 0.15) is 33.3 Å². The molecule has 0 fully saturated rings. The summed E-state index contributed by atoms with van der Waals surface area (Å²) in [4.78, 5) is 0. The van der Waals surface area contributed by atoms with Gasteiger partial charge in [0.15, 0.2) is 0 Å². The highest BCUT2D eigenvalue weighted by Crippen LogP contribution is 2.12. The smallest absolute Gasteiger partial charge is 0.0227 e. The molecule has 17 heavy (non-hydrogen) atoms. The SMILES string of the molecule is C=C/C=C\C=C(/C)c1ccccc1.CC(C)C. The molecule has 0 N–H and O–H groups in total.